The van der Waals surface area contributed by atoms with Gasteiger partial charge in [0.25, 0.3) is 5.91 Å². The zero-order valence-electron chi connectivity index (χ0n) is 7.91. The van der Waals surface area contributed by atoms with Crippen LogP contribution in [0.1, 0.15) is 19.3 Å². The first-order chi connectivity index (χ1) is 6.75. The summed E-state index contributed by atoms with van der Waals surface area (Å²) in [5.41, 5.74) is 0. The number of amides is 3. The number of alkyl halides is 1. The number of hydrogen-bond acceptors (Lipinski definition) is 2. The average molecular weight is 217 g/mol. The third-order valence-electron chi connectivity index (χ3n) is 2.84. The minimum absolute atomic E-state index is 0.0599. The van der Waals surface area contributed by atoms with Gasteiger partial charge in [0, 0.05) is 19.0 Å². The molecule has 0 bridgehead atoms. The number of halogens is 1. The van der Waals surface area contributed by atoms with Gasteiger partial charge in [0.1, 0.15) is 6.04 Å². The molecule has 14 heavy (non-hydrogen) atoms. The molecule has 0 N–H and O–H groups in total. The molecule has 2 aliphatic rings. The molecular weight excluding hydrogens is 204 g/mol. The van der Waals surface area contributed by atoms with E-state index in [1.54, 1.807) is 4.90 Å². The van der Waals surface area contributed by atoms with Crippen LogP contribution in [-0.2, 0) is 4.79 Å². The number of hydrogen-bond donors (Lipinski definition) is 0. The third kappa shape index (κ3) is 1.38. The van der Waals surface area contributed by atoms with Crippen molar-refractivity contribution < 1.29 is 9.59 Å². The van der Waals surface area contributed by atoms with E-state index in [4.69, 9.17) is 11.6 Å². The molecular formula is C9H13ClN2O2. The fourth-order valence-corrected chi connectivity index (χ4v) is 2.31. The first-order valence-electron chi connectivity index (χ1n) is 4.93. The number of imide groups is 1. The van der Waals surface area contributed by atoms with Crippen LogP contribution in [0.5, 0.6) is 0 Å². The second-order valence-electron chi connectivity index (χ2n) is 3.67. The van der Waals surface area contributed by atoms with E-state index in [9.17, 15) is 9.59 Å². The molecule has 2 rings (SSSR count). The summed E-state index contributed by atoms with van der Waals surface area (Å²) in [4.78, 5) is 26.4. The summed E-state index contributed by atoms with van der Waals surface area (Å²) in [5.74, 6) is 0.258. The maximum atomic E-state index is 11.7. The van der Waals surface area contributed by atoms with Crippen molar-refractivity contribution in [3.05, 3.63) is 0 Å². The Morgan fingerprint density at radius 1 is 1.36 bits per heavy atom. The van der Waals surface area contributed by atoms with Gasteiger partial charge in [-0.2, -0.15) is 0 Å². The highest BCUT2D eigenvalue weighted by Crippen LogP contribution is 2.26. The van der Waals surface area contributed by atoms with E-state index in [0.717, 1.165) is 19.3 Å². The second kappa shape index (κ2) is 3.77. The lowest BCUT2D eigenvalue weighted by Crippen LogP contribution is -2.39. The second-order valence-corrected chi connectivity index (χ2v) is 4.04. The monoisotopic (exact) mass is 216 g/mol. The molecule has 5 heteroatoms. The van der Waals surface area contributed by atoms with Crippen LogP contribution in [-0.4, -0.2) is 46.7 Å². The molecule has 0 aliphatic carbocycles. The minimum atomic E-state index is -0.195. The number of fused-ring (bicyclic) bond motifs is 1. The molecule has 0 radical (unpaired) electrons. The van der Waals surface area contributed by atoms with Crippen molar-refractivity contribution in [2.24, 2.45) is 0 Å². The summed E-state index contributed by atoms with van der Waals surface area (Å²) >= 11 is 5.54. The summed E-state index contributed by atoms with van der Waals surface area (Å²) in [6.45, 7) is 1.06. The van der Waals surface area contributed by atoms with Crippen LogP contribution >= 0.6 is 11.6 Å². The van der Waals surface area contributed by atoms with E-state index in [-0.39, 0.29) is 18.0 Å². The highest BCUT2D eigenvalue weighted by Gasteiger charge is 2.45. The Bertz CT molecular complexity index is 246. The van der Waals surface area contributed by atoms with Gasteiger partial charge in [-0.15, -0.1) is 11.6 Å². The van der Waals surface area contributed by atoms with Crippen LogP contribution in [0.3, 0.4) is 0 Å². The number of carbonyl (C=O) groups is 2. The molecule has 1 unspecified atom stereocenters. The van der Waals surface area contributed by atoms with E-state index in [1.165, 1.54) is 4.90 Å². The third-order valence-corrected chi connectivity index (χ3v) is 3.01. The molecule has 78 valence electrons. The van der Waals surface area contributed by atoms with E-state index < -0.39 is 0 Å². The summed E-state index contributed by atoms with van der Waals surface area (Å²) in [6, 6.07) is -0.347. The molecule has 2 fully saturated rings. The highest BCUT2D eigenvalue weighted by atomic mass is 35.5. The van der Waals surface area contributed by atoms with E-state index >= 15 is 0 Å². The Labute approximate surface area is 87.8 Å². The van der Waals surface area contributed by atoms with Crippen molar-refractivity contribution in [3.8, 4) is 0 Å². The Kier molecular flexibility index (Phi) is 2.63. The van der Waals surface area contributed by atoms with Gasteiger partial charge in [0.05, 0.1) is 0 Å². The van der Waals surface area contributed by atoms with Crippen molar-refractivity contribution in [2.45, 2.75) is 25.3 Å². The SMILES string of the molecule is O=C1C2CCCCN2C(=O)N1CCCl. The Morgan fingerprint density at radius 2 is 2.14 bits per heavy atom. The lowest BCUT2D eigenvalue weighted by atomic mass is 10.0. The molecule has 0 saturated carbocycles. The average Bonchev–Trinajstić information content (AvgIpc) is 2.45. The van der Waals surface area contributed by atoms with Gasteiger partial charge in [-0.1, -0.05) is 0 Å². The highest BCUT2D eigenvalue weighted by molar-refractivity contribution is 6.18. The fourth-order valence-electron chi connectivity index (χ4n) is 2.14. The quantitative estimate of drug-likeness (QED) is 0.511. The molecule has 0 aromatic heterocycles. The molecule has 4 nitrogen and oxygen atoms in total. The predicted molar refractivity (Wildman–Crippen MR) is 52.2 cm³/mol. The van der Waals surface area contributed by atoms with Crippen LogP contribution in [0, 0.1) is 0 Å². The largest absolute Gasteiger partial charge is 0.327 e. The first-order valence-corrected chi connectivity index (χ1v) is 5.47. The summed E-state index contributed by atoms with van der Waals surface area (Å²) in [5, 5.41) is 0. The molecule has 0 spiro atoms. The minimum Gasteiger partial charge on any atom is -0.312 e. The first kappa shape index (κ1) is 9.77. The summed E-state index contributed by atoms with van der Waals surface area (Å²) in [6.07, 6.45) is 2.85. The van der Waals surface area contributed by atoms with E-state index in [1.807, 2.05) is 0 Å². The number of rotatable bonds is 2. The summed E-state index contributed by atoms with van der Waals surface area (Å²) < 4.78 is 0. The molecule has 1 atom stereocenters. The fraction of sp³-hybridized carbons (Fsp3) is 0.778. The van der Waals surface area contributed by atoms with E-state index in [0.29, 0.717) is 19.0 Å². The van der Waals surface area contributed by atoms with Crippen molar-refractivity contribution in [3.63, 3.8) is 0 Å². The van der Waals surface area contributed by atoms with Crippen molar-refractivity contribution >= 4 is 23.5 Å². The molecule has 2 aliphatic heterocycles. The molecule has 3 amide bonds. The van der Waals surface area contributed by atoms with Gasteiger partial charge in [0.2, 0.25) is 0 Å². The standard InChI is InChI=1S/C9H13ClN2O2/c10-4-6-12-8(13)7-3-1-2-5-11(7)9(12)14/h7H,1-6H2. The lowest BCUT2D eigenvalue weighted by molar-refractivity contribution is -0.128. The Hall–Kier alpha value is -0.770. The normalized spacial score (nSPS) is 27.1. The maximum Gasteiger partial charge on any atom is 0.327 e. The van der Waals surface area contributed by atoms with Crippen molar-refractivity contribution in [2.75, 3.05) is 19.0 Å². The molecule has 2 heterocycles. The van der Waals surface area contributed by atoms with Crippen LogP contribution in [0.4, 0.5) is 4.79 Å². The van der Waals surface area contributed by atoms with Crippen molar-refractivity contribution in [1.82, 2.24) is 9.80 Å². The zero-order valence-corrected chi connectivity index (χ0v) is 8.66. The lowest BCUT2D eigenvalue weighted by Gasteiger charge is -2.26. The molecule has 2 saturated heterocycles. The van der Waals surface area contributed by atoms with Crippen LogP contribution < -0.4 is 0 Å². The number of urea groups is 1. The van der Waals surface area contributed by atoms with Crippen molar-refractivity contribution in [1.29, 1.82) is 0 Å². The predicted octanol–water partition coefficient (Wildman–Crippen LogP) is 1.04. The maximum absolute atomic E-state index is 11.7. The zero-order chi connectivity index (χ0) is 10.1. The number of carbonyl (C=O) groups excluding carboxylic acids is 2. The van der Waals surface area contributed by atoms with Crippen LogP contribution in [0.2, 0.25) is 0 Å². The van der Waals surface area contributed by atoms with Gasteiger partial charge in [-0.05, 0) is 19.3 Å². The number of piperidine rings is 1. The van der Waals surface area contributed by atoms with Gasteiger partial charge < -0.3 is 4.90 Å². The van der Waals surface area contributed by atoms with Gasteiger partial charge >= 0.3 is 6.03 Å². The smallest absolute Gasteiger partial charge is 0.312 e. The molecule has 0 aromatic carbocycles. The Balaban J connectivity index is 2.15. The van der Waals surface area contributed by atoms with Gasteiger partial charge in [-0.3, -0.25) is 9.69 Å². The number of nitrogens with zero attached hydrogens (tertiary/aromatic N) is 2. The topological polar surface area (TPSA) is 40.6 Å². The van der Waals surface area contributed by atoms with E-state index in [2.05, 4.69) is 0 Å². The van der Waals surface area contributed by atoms with Gasteiger partial charge in [-0.25, -0.2) is 4.79 Å². The Morgan fingerprint density at radius 3 is 2.79 bits per heavy atom. The summed E-state index contributed by atoms with van der Waals surface area (Å²) in [7, 11) is 0. The van der Waals surface area contributed by atoms with Crippen LogP contribution in [0.15, 0.2) is 0 Å². The van der Waals surface area contributed by atoms with Gasteiger partial charge in [0.15, 0.2) is 0 Å². The molecule has 0 aromatic rings. The van der Waals surface area contributed by atoms with Crippen LogP contribution in [0.25, 0.3) is 0 Å².